The molecule has 9 heteroatoms. The molecular weight excluding hydrogens is 334 g/mol. The van der Waals surface area contributed by atoms with Crippen molar-refractivity contribution in [2.24, 2.45) is 11.7 Å². The SMILES string of the molecule is CNS(=O)(=O)c1cc(C(=O)N2CCC(C(N)=O)CC2)ccc1OC. The Hall–Kier alpha value is -2.13. The molecule has 0 radical (unpaired) electrons. The highest BCUT2D eigenvalue weighted by Crippen LogP contribution is 2.26. The fraction of sp³-hybridized carbons (Fsp3) is 0.467. The lowest BCUT2D eigenvalue weighted by Gasteiger charge is -2.30. The number of nitrogens with zero attached hydrogens (tertiary/aromatic N) is 1. The van der Waals surface area contributed by atoms with Crippen LogP contribution in [0.2, 0.25) is 0 Å². The molecule has 0 aromatic heterocycles. The van der Waals surface area contributed by atoms with Gasteiger partial charge in [-0.1, -0.05) is 0 Å². The van der Waals surface area contributed by atoms with Crippen LogP contribution in [0.1, 0.15) is 23.2 Å². The third-order valence-electron chi connectivity index (χ3n) is 4.15. The van der Waals surface area contributed by atoms with Crippen molar-refractivity contribution < 1.29 is 22.7 Å². The lowest BCUT2D eigenvalue weighted by Crippen LogP contribution is -2.41. The van der Waals surface area contributed by atoms with Crippen LogP contribution in [0.4, 0.5) is 0 Å². The van der Waals surface area contributed by atoms with Crippen molar-refractivity contribution in [3.05, 3.63) is 23.8 Å². The largest absolute Gasteiger partial charge is 0.495 e. The Morgan fingerprint density at radius 1 is 1.29 bits per heavy atom. The summed E-state index contributed by atoms with van der Waals surface area (Å²) >= 11 is 0. The molecule has 0 bridgehead atoms. The molecule has 132 valence electrons. The van der Waals surface area contributed by atoms with Gasteiger partial charge in [0.1, 0.15) is 10.6 Å². The third kappa shape index (κ3) is 3.68. The zero-order chi connectivity index (χ0) is 17.9. The molecule has 2 rings (SSSR count). The van der Waals surface area contributed by atoms with E-state index in [9.17, 15) is 18.0 Å². The van der Waals surface area contributed by atoms with Gasteiger partial charge in [0.2, 0.25) is 15.9 Å². The predicted octanol–water partition coefficient (Wildman–Crippen LogP) is -0.0592. The molecule has 0 atom stereocenters. The number of nitrogens with two attached hydrogens (primary N) is 1. The van der Waals surface area contributed by atoms with Crippen LogP contribution in [0.25, 0.3) is 0 Å². The van der Waals surface area contributed by atoms with E-state index < -0.39 is 10.0 Å². The standard InChI is InChI=1S/C15H21N3O5S/c1-17-24(21,22)13-9-11(3-4-12(13)23-2)15(20)18-7-5-10(6-8-18)14(16)19/h3-4,9-10,17H,5-8H2,1-2H3,(H2,16,19). The molecule has 1 aliphatic rings. The van der Waals surface area contributed by atoms with Crippen LogP contribution in [-0.2, 0) is 14.8 Å². The van der Waals surface area contributed by atoms with Crippen LogP contribution in [0.15, 0.2) is 23.1 Å². The van der Waals surface area contributed by atoms with Crippen LogP contribution in [0.5, 0.6) is 5.75 Å². The first-order chi connectivity index (χ1) is 11.3. The minimum absolute atomic E-state index is 0.0922. The van der Waals surface area contributed by atoms with Crippen LogP contribution in [0.3, 0.4) is 0 Å². The summed E-state index contributed by atoms with van der Waals surface area (Å²) in [6, 6.07) is 4.27. The Morgan fingerprint density at radius 2 is 1.92 bits per heavy atom. The van der Waals surface area contributed by atoms with Gasteiger partial charge in [-0.05, 0) is 38.1 Å². The highest BCUT2D eigenvalue weighted by atomic mass is 32.2. The smallest absolute Gasteiger partial charge is 0.253 e. The fourth-order valence-corrected chi connectivity index (χ4v) is 3.60. The van der Waals surface area contributed by atoms with Crippen LogP contribution < -0.4 is 15.2 Å². The number of carbonyl (C=O) groups excluding carboxylic acids is 2. The highest BCUT2D eigenvalue weighted by molar-refractivity contribution is 7.89. The minimum Gasteiger partial charge on any atom is -0.495 e. The second kappa shape index (κ2) is 7.18. The van der Waals surface area contributed by atoms with E-state index >= 15 is 0 Å². The summed E-state index contributed by atoms with van der Waals surface area (Å²) in [6.07, 6.45) is 1.03. The van der Waals surface area contributed by atoms with Gasteiger partial charge in [-0.3, -0.25) is 9.59 Å². The van der Waals surface area contributed by atoms with Gasteiger partial charge in [-0.15, -0.1) is 0 Å². The first kappa shape index (κ1) is 18.2. The summed E-state index contributed by atoms with van der Waals surface area (Å²) in [7, 11) is -1.10. The molecular formula is C15H21N3O5S. The van der Waals surface area contributed by atoms with Gasteiger partial charge in [-0.2, -0.15) is 0 Å². The molecule has 0 unspecified atom stereocenters. The highest BCUT2D eigenvalue weighted by Gasteiger charge is 2.28. The van der Waals surface area contributed by atoms with Gasteiger partial charge >= 0.3 is 0 Å². The topological polar surface area (TPSA) is 119 Å². The second-order valence-corrected chi connectivity index (χ2v) is 7.40. The molecule has 1 aromatic rings. The number of hydrogen-bond acceptors (Lipinski definition) is 5. The molecule has 8 nitrogen and oxygen atoms in total. The second-order valence-electron chi connectivity index (χ2n) is 5.54. The number of hydrogen-bond donors (Lipinski definition) is 2. The maximum absolute atomic E-state index is 12.6. The van der Waals surface area contributed by atoms with Crippen molar-refractivity contribution in [2.45, 2.75) is 17.7 Å². The molecule has 1 saturated heterocycles. The van der Waals surface area contributed by atoms with Gasteiger partial charge in [0.15, 0.2) is 0 Å². The summed E-state index contributed by atoms with van der Waals surface area (Å²) < 4.78 is 31.4. The van der Waals surface area contributed by atoms with E-state index in [4.69, 9.17) is 10.5 Å². The number of benzene rings is 1. The number of piperidine rings is 1. The van der Waals surface area contributed by atoms with E-state index in [2.05, 4.69) is 4.72 Å². The summed E-state index contributed by atoms with van der Waals surface area (Å²) in [5, 5.41) is 0. The van der Waals surface area contributed by atoms with Crippen molar-refractivity contribution in [1.29, 1.82) is 0 Å². The van der Waals surface area contributed by atoms with Crippen LogP contribution in [-0.4, -0.2) is 52.4 Å². The molecule has 0 saturated carbocycles. The summed E-state index contributed by atoms with van der Waals surface area (Å²) in [4.78, 5) is 25.3. The normalized spacial score (nSPS) is 16.0. The van der Waals surface area contributed by atoms with E-state index in [0.717, 1.165) is 0 Å². The van der Waals surface area contributed by atoms with Crippen molar-refractivity contribution >= 4 is 21.8 Å². The number of nitrogens with one attached hydrogen (secondary N) is 1. The zero-order valence-electron chi connectivity index (χ0n) is 13.6. The zero-order valence-corrected chi connectivity index (χ0v) is 14.4. The molecule has 1 fully saturated rings. The van der Waals surface area contributed by atoms with Crippen molar-refractivity contribution in [3.63, 3.8) is 0 Å². The van der Waals surface area contributed by atoms with Crippen molar-refractivity contribution in [3.8, 4) is 5.75 Å². The first-order valence-electron chi connectivity index (χ1n) is 7.50. The maximum atomic E-state index is 12.6. The van der Waals surface area contributed by atoms with Gasteiger partial charge in [0.25, 0.3) is 5.91 Å². The summed E-state index contributed by atoms with van der Waals surface area (Å²) in [5.41, 5.74) is 5.54. The number of sulfonamides is 1. The van der Waals surface area contributed by atoms with Crippen LogP contribution in [0, 0.1) is 5.92 Å². The molecule has 0 spiro atoms. The summed E-state index contributed by atoms with van der Waals surface area (Å²) in [5.74, 6) is -0.694. The van der Waals surface area contributed by atoms with Gasteiger partial charge < -0.3 is 15.4 Å². The molecule has 0 aliphatic carbocycles. The Morgan fingerprint density at radius 3 is 2.42 bits per heavy atom. The quantitative estimate of drug-likeness (QED) is 0.767. The number of ether oxygens (including phenoxy) is 1. The monoisotopic (exact) mass is 355 g/mol. The molecule has 1 heterocycles. The van der Waals surface area contributed by atoms with Gasteiger partial charge in [-0.25, -0.2) is 13.1 Å². The number of likely N-dealkylation sites (tertiary alicyclic amines) is 1. The Labute approximate surface area is 141 Å². The molecule has 24 heavy (non-hydrogen) atoms. The molecule has 3 N–H and O–H groups in total. The predicted molar refractivity (Wildman–Crippen MR) is 87.1 cm³/mol. The minimum atomic E-state index is -3.75. The van der Waals surface area contributed by atoms with E-state index in [-0.39, 0.29) is 33.9 Å². The Bertz CT molecular complexity index is 739. The molecule has 1 aliphatic heterocycles. The number of carbonyl (C=O) groups is 2. The lowest BCUT2D eigenvalue weighted by atomic mass is 9.96. The molecule has 2 amide bonds. The van der Waals surface area contributed by atoms with E-state index in [1.165, 1.54) is 32.4 Å². The third-order valence-corrected chi connectivity index (χ3v) is 5.59. The van der Waals surface area contributed by atoms with Crippen molar-refractivity contribution in [1.82, 2.24) is 9.62 Å². The number of methoxy groups -OCH3 is 1. The van der Waals surface area contributed by atoms with E-state index in [0.29, 0.717) is 25.9 Å². The maximum Gasteiger partial charge on any atom is 0.253 e. The number of rotatable bonds is 5. The van der Waals surface area contributed by atoms with E-state index in [1.807, 2.05) is 0 Å². The van der Waals surface area contributed by atoms with Crippen LogP contribution >= 0.6 is 0 Å². The lowest BCUT2D eigenvalue weighted by molar-refractivity contribution is -0.123. The fourth-order valence-electron chi connectivity index (χ4n) is 2.68. The number of primary amides is 1. The first-order valence-corrected chi connectivity index (χ1v) is 8.98. The average Bonchev–Trinajstić information content (AvgIpc) is 2.60. The average molecular weight is 355 g/mol. The molecule has 1 aromatic carbocycles. The Balaban J connectivity index is 2.25. The summed E-state index contributed by atoms with van der Waals surface area (Å²) in [6.45, 7) is 0.819. The van der Waals surface area contributed by atoms with Gasteiger partial charge in [0, 0.05) is 24.6 Å². The van der Waals surface area contributed by atoms with E-state index in [1.54, 1.807) is 4.90 Å². The Kier molecular flexibility index (Phi) is 5.45. The van der Waals surface area contributed by atoms with Gasteiger partial charge in [0.05, 0.1) is 7.11 Å². The number of amides is 2. The van der Waals surface area contributed by atoms with Crippen molar-refractivity contribution in [2.75, 3.05) is 27.2 Å².